The van der Waals surface area contributed by atoms with Gasteiger partial charge in [-0.1, -0.05) is 263 Å². The highest BCUT2D eigenvalue weighted by Crippen LogP contribution is 2.19. The van der Waals surface area contributed by atoms with Crippen molar-refractivity contribution in [3.05, 3.63) is 47.9 Å². The fourth-order valence-corrected chi connectivity index (χ4v) is 7.72. The number of unbranched alkanes of at least 4 members (excludes halogenated alkanes) is 38. The van der Waals surface area contributed by atoms with E-state index in [1.165, 1.54) is 262 Å². The normalized spacial score (nSPS) is 13.1. The van der Waals surface area contributed by atoms with Gasteiger partial charge >= 0.3 is 0 Å². The van der Waals surface area contributed by atoms with Crippen LogP contribution in [0.1, 0.15) is 271 Å². The second-order valence-corrected chi connectivity index (χ2v) is 16.4. The molecule has 0 saturated heterocycles. The van der Waals surface area contributed by atoms with Crippen LogP contribution in [0.15, 0.2) is 47.9 Å². The van der Waals surface area contributed by atoms with Crippen molar-refractivity contribution in [3.8, 4) is 0 Å². The van der Waals surface area contributed by atoms with Crippen molar-refractivity contribution in [2.45, 2.75) is 271 Å². The number of hydrogen-bond donors (Lipinski definition) is 0. The van der Waals surface area contributed by atoms with Gasteiger partial charge in [0.25, 0.3) is 0 Å². The van der Waals surface area contributed by atoms with Crippen molar-refractivity contribution in [2.24, 2.45) is 0 Å². The summed E-state index contributed by atoms with van der Waals surface area (Å²) in [6, 6.07) is 0. The molecule has 51 heavy (non-hydrogen) atoms. The highest BCUT2D eigenvalue weighted by Gasteiger charge is 2.04. The first-order valence-corrected chi connectivity index (χ1v) is 23.8. The molecular weight excluding hydrogens is 615 g/mol. The Morgan fingerprint density at radius 3 is 0.882 bits per heavy atom. The molecule has 1 heteroatoms. The van der Waals surface area contributed by atoms with Gasteiger partial charge < -0.3 is 0 Å². The van der Waals surface area contributed by atoms with E-state index in [0.717, 1.165) is 5.70 Å². The molecule has 297 valence electrons. The highest BCUT2D eigenvalue weighted by molar-refractivity contribution is 5.44. The average molecular weight is 707 g/mol. The minimum absolute atomic E-state index is 1.15. The van der Waals surface area contributed by atoms with E-state index in [9.17, 15) is 0 Å². The molecule has 0 bridgehead atoms. The van der Waals surface area contributed by atoms with Crippen LogP contribution in [-0.2, 0) is 0 Å². The molecule has 1 aliphatic rings. The molecule has 1 aliphatic heterocycles. The molecule has 0 spiro atoms. The topological polar surface area (TPSA) is 14.1 Å². The fourth-order valence-electron chi connectivity index (χ4n) is 7.72. The average Bonchev–Trinajstić information content (AvgIpc) is 3.59. The maximum Gasteiger partial charge on any atom is 0.0699 e. The zero-order valence-corrected chi connectivity index (χ0v) is 35.2. The van der Waals surface area contributed by atoms with Gasteiger partial charge in [-0.2, -0.15) is 0 Å². The van der Waals surface area contributed by atoms with Crippen molar-refractivity contribution < 1.29 is 0 Å². The lowest BCUT2D eigenvalue weighted by atomic mass is 10.0. The molecule has 0 aromatic heterocycles. The minimum Gasteiger partial charge on any atom is -0.256 e. The predicted molar refractivity (Wildman–Crippen MR) is 233 cm³/mol. The van der Waals surface area contributed by atoms with Gasteiger partial charge in [0.1, 0.15) is 0 Å². The Bertz CT molecular complexity index is 800. The first kappa shape index (κ1) is 47.8. The number of hydrogen-bond acceptors (Lipinski definition) is 0. The summed E-state index contributed by atoms with van der Waals surface area (Å²) in [7, 11) is 0. The van der Waals surface area contributed by atoms with Crippen LogP contribution >= 0.6 is 0 Å². The van der Waals surface area contributed by atoms with Gasteiger partial charge in [0.05, 0.1) is 5.70 Å². The van der Waals surface area contributed by atoms with E-state index >= 15 is 0 Å². The van der Waals surface area contributed by atoms with E-state index in [1.807, 2.05) is 6.20 Å². The third-order valence-electron chi connectivity index (χ3n) is 11.3. The summed E-state index contributed by atoms with van der Waals surface area (Å²) in [5.74, 6) is 0. The largest absolute Gasteiger partial charge is 0.256 e. The molecule has 0 saturated carbocycles. The molecule has 0 N–H and O–H groups in total. The molecule has 1 radical (unpaired) electrons. The summed E-state index contributed by atoms with van der Waals surface area (Å²) in [6.45, 7) is 4.61. The van der Waals surface area contributed by atoms with Crippen molar-refractivity contribution >= 4 is 0 Å². The van der Waals surface area contributed by atoms with Gasteiger partial charge in [-0.25, -0.2) is 0 Å². The van der Waals surface area contributed by atoms with Crippen LogP contribution in [0, 0.1) is 0 Å². The van der Waals surface area contributed by atoms with Gasteiger partial charge in [-0.15, -0.1) is 0 Å². The van der Waals surface area contributed by atoms with E-state index in [2.05, 4.69) is 49.5 Å². The maximum atomic E-state index is 4.61. The standard InChI is InChI=1S/C50H92N/c1-3-5-7-9-11-13-15-17-19-21-23-25-27-29-31-33-35-37-39-41-43-45-49-47-48-51-50(49)46-44-42-40-38-36-34-32-30-28-26-24-22-20-18-16-14-12-10-8-6-4-2/h43-48H,3-42H2,1-2H3/b45-43+,46-44+. The molecule has 1 rings (SSSR count). The van der Waals surface area contributed by atoms with Crippen LogP contribution in [0.25, 0.3) is 0 Å². The summed E-state index contributed by atoms with van der Waals surface area (Å²) in [5, 5.41) is 4.61. The lowest BCUT2D eigenvalue weighted by molar-refractivity contribution is 0.523. The number of nitrogens with zero attached hydrogens (tertiary/aromatic N) is 1. The summed E-state index contributed by atoms with van der Waals surface area (Å²) in [4.78, 5) is 0. The van der Waals surface area contributed by atoms with Crippen LogP contribution in [0.4, 0.5) is 0 Å². The van der Waals surface area contributed by atoms with E-state index in [0.29, 0.717) is 0 Å². The number of rotatable bonds is 42. The van der Waals surface area contributed by atoms with Gasteiger partial charge in [-0.3, -0.25) is 5.32 Å². The Morgan fingerprint density at radius 1 is 0.333 bits per heavy atom. The monoisotopic (exact) mass is 707 g/mol. The maximum absolute atomic E-state index is 4.61. The highest BCUT2D eigenvalue weighted by atomic mass is 14.9. The Kier molecular flexibility index (Phi) is 38.9. The Labute approximate surface area is 322 Å². The van der Waals surface area contributed by atoms with Crippen LogP contribution in [0.2, 0.25) is 0 Å². The van der Waals surface area contributed by atoms with Crippen molar-refractivity contribution in [1.29, 1.82) is 0 Å². The molecule has 0 amide bonds. The Balaban J connectivity index is 1.84. The van der Waals surface area contributed by atoms with Gasteiger partial charge in [0.15, 0.2) is 0 Å². The van der Waals surface area contributed by atoms with Crippen LogP contribution < -0.4 is 5.32 Å². The van der Waals surface area contributed by atoms with Crippen LogP contribution in [-0.4, -0.2) is 0 Å². The number of allylic oxidation sites excluding steroid dienone is 6. The first-order valence-electron chi connectivity index (χ1n) is 23.8. The summed E-state index contributed by atoms with van der Waals surface area (Å²) >= 11 is 0. The zero-order valence-electron chi connectivity index (χ0n) is 35.2. The molecule has 0 aliphatic carbocycles. The zero-order chi connectivity index (χ0) is 36.4. The molecule has 1 nitrogen and oxygen atoms in total. The first-order chi connectivity index (χ1) is 25.4. The Hall–Kier alpha value is -1.24. The van der Waals surface area contributed by atoms with E-state index < -0.39 is 0 Å². The van der Waals surface area contributed by atoms with Gasteiger partial charge in [0, 0.05) is 11.8 Å². The van der Waals surface area contributed by atoms with E-state index in [4.69, 9.17) is 0 Å². The van der Waals surface area contributed by atoms with Crippen molar-refractivity contribution in [1.82, 2.24) is 5.32 Å². The second kappa shape index (κ2) is 41.5. The van der Waals surface area contributed by atoms with Crippen molar-refractivity contribution in [3.63, 3.8) is 0 Å². The van der Waals surface area contributed by atoms with E-state index in [1.54, 1.807) is 0 Å². The van der Waals surface area contributed by atoms with Gasteiger partial charge in [-0.05, 0) is 37.8 Å². The van der Waals surface area contributed by atoms with Crippen LogP contribution in [0.5, 0.6) is 0 Å². The molecule has 0 atom stereocenters. The second-order valence-electron chi connectivity index (χ2n) is 16.4. The summed E-state index contributed by atoms with van der Waals surface area (Å²) < 4.78 is 0. The predicted octanol–water partition coefficient (Wildman–Crippen LogP) is 18.1. The van der Waals surface area contributed by atoms with Crippen LogP contribution in [0.3, 0.4) is 0 Å². The molecule has 0 aromatic carbocycles. The molecule has 0 aromatic rings. The molecule has 0 unspecified atom stereocenters. The lowest BCUT2D eigenvalue weighted by Crippen LogP contribution is -1.89. The van der Waals surface area contributed by atoms with Crippen molar-refractivity contribution in [2.75, 3.05) is 0 Å². The minimum atomic E-state index is 1.15. The molecule has 0 fully saturated rings. The summed E-state index contributed by atoms with van der Waals surface area (Å²) in [5.41, 5.74) is 2.44. The Morgan fingerprint density at radius 2 is 0.588 bits per heavy atom. The summed E-state index contributed by atoms with van der Waals surface area (Å²) in [6.07, 6.45) is 70.7. The SMILES string of the molecule is CCCCCCCCCCCCCCCCCCCCC/C=C/C1=C(/C=C/CCCCCCCCCCCCCCCCCCCCC)[N]C=C1. The third-order valence-corrected chi connectivity index (χ3v) is 11.3. The third kappa shape index (κ3) is 35.6. The quantitative estimate of drug-likeness (QED) is 0.0561. The fraction of sp³-hybridized carbons (Fsp3) is 0.840. The molecule has 1 heterocycles. The smallest absolute Gasteiger partial charge is 0.0699 e. The van der Waals surface area contributed by atoms with E-state index in [-0.39, 0.29) is 0 Å². The lowest BCUT2D eigenvalue weighted by Gasteiger charge is -2.04. The van der Waals surface area contributed by atoms with Gasteiger partial charge in [0.2, 0.25) is 0 Å². The molecular formula is C50H92N.